The molecule has 15 heavy (non-hydrogen) atoms. The summed E-state index contributed by atoms with van der Waals surface area (Å²) in [4.78, 5) is 4.55. The predicted octanol–water partition coefficient (Wildman–Crippen LogP) is 3.32. The van der Waals surface area contributed by atoms with Crippen LogP contribution in [0.25, 0.3) is 0 Å². The van der Waals surface area contributed by atoms with Gasteiger partial charge in [-0.2, -0.15) is 0 Å². The fourth-order valence-electron chi connectivity index (χ4n) is 1.14. The minimum atomic E-state index is 0.415. The number of aryl methyl sites for hydroxylation is 1. The van der Waals surface area contributed by atoms with Gasteiger partial charge in [-0.25, -0.2) is 4.98 Å². The highest BCUT2D eigenvalue weighted by molar-refractivity contribution is 9.10. The van der Waals surface area contributed by atoms with Gasteiger partial charge in [0.1, 0.15) is 24.3 Å². The number of ether oxygens (including phenoxy) is 1. The molecule has 3 nitrogen and oxygen atoms in total. The zero-order valence-electron chi connectivity index (χ0n) is 8.24. The fraction of sp³-hybridized carbons (Fsp3) is 0.182. The van der Waals surface area contributed by atoms with E-state index in [9.17, 15) is 0 Å². The van der Waals surface area contributed by atoms with Crippen LogP contribution in [0.3, 0.4) is 0 Å². The molecule has 0 saturated carbocycles. The van der Waals surface area contributed by atoms with Crippen molar-refractivity contribution in [2.24, 2.45) is 0 Å². The first kappa shape index (κ1) is 10.2. The molecule has 0 aliphatic carbocycles. The molecule has 0 bridgehead atoms. The Bertz CT molecular complexity index is 436. The van der Waals surface area contributed by atoms with E-state index >= 15 is 0 Å². The van der Waals surface area contributed by atoms with Crippen LogP contribution in [0.1, 0.15) is 11.3 Å². The number of hydrogen-bond donors (Lipinski definition) is 0. The van der Waals surface area contributed by atoms with Gasteiger partial charge in [-0.1, -0.05) is 17.7 Å². The summed E-state index contributed by atoms with van der Waals surface area (Å²) >= 11 is 3.13. The number of aromatic nitrogens is 1. The van der Waals surface area contributed by atoms with Gasteiger partial charge in [0.2, 0.25) is 0 Å². The summed E-state index contributed by atoms with van der Waals surface area (Å²) in [7, 11) is 0. The normalized spacial score (nSPS) is 10.3. The van der Waals surface area contributed by atoms with Gasteiger partial charge in [0, 0.05) is 15.9 Å². The molecule has 0 N–H and O–H groups in total. The second kappa shape index (κ2) is 4.49. The quantitative estimate of drug-likeness (QED) is 0.856. The van der Waals surface area contributed by atoms with Crippen LogP contribution in [-0.4, -0.2) is 4.98 Å². The van der Waals surface area contributed by atoms with Crippen LogP contribution < -0.4 is 4.74 Å². The van der Waals surface area contributed by atoms with E-state index in [0.29, 0.717) is 11.4 Å². The number of hydrogen-bond acceptors (Lipinski definition) is 3. The van der Waals surface area contributed by atoms with E-state index in [1.165, 1.54) is 5.56 Å². The van der Waals surface area contributed by atoms with Crippen LogP contribution in [0.2, 0.25) is 0 Å². The summed E-state index contributed by atoms with van der Waals surface area (Å²) < 4.78 is 10.5. The van der Waals surface area contributed by atoms with Crippen molar-refractivity contribution in [3.63, 3.8) is 0 Å². The van der Waals surface area contributed by atoms with Gasteiger partial charge in [0.05, 0.1) is 0 Å². The van der Waals surface area contributed by atoms with Crippen LogP contribution in [0.4, 0.5) is 0 Å². The Labute approximate surface area is 96.2 Å². The third-order valence-electron chi connectivity index (χ3n) is 1.93. The van der Waals surface area contributed by atoms with Crippen LogP contribution in [0.5, 0.6) is 5.75 Å². The van der Waals surface area contributed by atoms with Crippen LogP contribution in [0.15, 0.2) is 39.7 Å². The Morgan fingerprint density at radius 3 is 2.67 bits per heavy atom. The zero-order chi connectivity index (χ0) is 10.7. The smallest absolute Gasteiger partial charge is 0.264 e. The van der Waals surface area contributed by atoms with E-state index in [-0.39, 0.29) is 0 Å². The third-order valence-corrected chi connectivity index (χ3v) is 2.30. The first-order valence-electron chi connectivity index (χ1n) is 4.53. The van der Waals surface area contributed by atoms with E-state index in [1.54, 1.807) is 6.26 Å². The number of benzene rings is 1. The van der Waals surface area contributed by atoms with Gasteiger partial charge >= 0.3 is 0 Å². The van der Waals surface area contributed by atoms with Gasteiger partial charge in [-0.3, -0.25) is 0 Å². The largest absolute Gasteiger partial charge is 0.487 e. The molecule has 1 heterocycles. The average Bonchev–Trinajstić information content (AvgIpc) is 2.64. The molecule has 2 rings (SSSR count). The second-order valence-electron chi connectivity index (χ2n) is 3.19. The lowest BCUT2D eigenvalue weighted by atomic mass is 10.2. The topological polar surface area (TPSA) is 35.3 Å². The molecule has 0 spiro atoms. The Morgan fingerprint density at radius 1 is 1.33 bits per heavy atom. The molecule has 1 aromatic heterocycles. The maximum Gasteiger partial charge on any atom is 0.264 e. The lowest BCUT2D eigenvalue weighted by Gasteiger charge is -2.03. The van der Waals surface area contributed by atoms with Crippen molar-refractivity contribution < 1.29 is 9.15 Å². The summed E-state index contributed by atoms with van der Waals surface area (Å²) in [6.45, 7) is 2.46. The third kappa shape index (κ3) is 2.83. The first-order valence-corrected chi connectivity index (χ1v) is 5.33. The molecule has 0 amide bonds. The fourth-order valence-corrected chi connectivity index (χ4v) is 1.46. The molecule has 78 valence electrons. The number of rotatable bonds is 3. The van der Waals surface area contributed by atoms with E-state index in [0.717, 1.165) is 11.4 Å². The molecule has 0 unspecified atom stereocenters. The van der Waals surface area contributed by atoms with Crippen LogP contribution in [0, 0.1) is 6.92 Å². The highest BCUT2D eigenvalue weighted by Gasteiger charge is 2.01. The maximum atomic E-state index is 5.52. The standard InChI is InChI=1S/C11H10BrNO2/c1-8-2-4-10(5-3-8)14-6-9-7-15-11(12)13-9/h2-5,7H,6H2,1H3. The molecule has 0 saturated heterocycles. The highest BCUT2D eigenvalue weighted by atomic mass is 79.9. The van der Waals surface area contributed by atoms with Crippen molar-refractivity contribution in [2.45, 2.75) is 13.5 Å². The zero-order valence-corrected chi connectivity index (χ0v) is 9.82. The monoisotopic (exact) mass is 267 g/mol. The molecular formula is C11H10BrNO2. The highest BCUT2D eigenvalue weighted by Crippen LogP contribution is 2.14. The Hall–Kier alpha value is -1.29. The summed E-state index contributed by atoms with van der Waals surface area (Å²) in [6.07, 6.45) is 1.57. The lowest BCUT2D eigenvalue weighted by molar-refractivity contribution is 0.301. The Kier molecular flexibility index (Phi) is 3.06. The molecule has 2 aromatic rings. The minimum Gasteiger partial charge on any atom is -0.487 e. The van der Waals surface area contributed by atoms with E-state index in [2.05, 4.69) is 20.9 Å². The number of oxazole rings is 1. The van der Waals surface area contributed by atoms with Gasteiger partial charge in [0.25, 0.3) is 4.80 Å². The van der Waals surface area contributed by atoms with Crippen molar-refractivity contribution in [3.8, 4) is 5.75 Å². The summed E-state index contributed by atoms with van der Waals surface area (Å²) in [5, 5.41) is 0. The van der Waals surface area contributed by atoms with Crippen molar-refractivity contribution in [1.29, 1.82) is 0 Å². The molecule has 4 heteroatoms. The SMILES string of the molecule is Cc1ccc(OCc2coc(Br)n2)cc1. The van der Waals surface area contributed by atoms with Crippen molar-refractivity contribution >= 4 is 15.9 Å². The summed E-state index contributed by atoms with van der Waals surface area (Å²) in [6, 6.07) is 7.89. The average molecular weight is 268 g/mol. The second-order valence-corrected chi connectivity index (χ2v) is 3.87. The lowest BCUT2D eigenvalue weighted by Crippen LogP contribution is -1.95. The first-order chi connectivity index (χ1) is 7.24. The minimum absolute atomic E-state index is 0.415. The molecule has 0 radical (unpaired) electrons. The molecule has 0 fully saturated rings. The predicted molar refractivity (Wildman–Crippen MR) is 59.7 cm³/mol. The Morgan fingerprint density at radius 2 is 2.07 bits per heavy atom. The molecular weight excluding hydrogens is 258 g/mol. The summed E-state index contributed by atoms with van der Waals surface area (Å²) in [5.41, 5.74) is 1.98. The number of nitrogens with zero attached hydrogens (tertiary/aromatic N) is 1. The number of halogens is 1. The van der Waals surface area contributed by atoms with E-state index in [4.69, 9.17) is 9.15 Å². The van der Waals surface area contributed by atoms with Crippen molar-refractivity contribution in [3.05, 3.63) is 46.6 Å². The van der Waals surface area contributed by atoms with Crippen LogP contribution >= 0.6 is 15.9 Å². The van der Waals surface area contributed by atoms with Gasteiger partial charge in [0.15, 0.2) is 0 Å². The molecule has 0 aliphatic rings. The Balaban J connectivity index is 1.96. The van der Waals surface area contributed by atoms with E-state index < -0.39 is 0 Å². The van der Waals surface area contributed by atoms with Crippen molar-refractivity contribution in [2.75, 3.05) is 0 Å². The van der Waals surface area contributed by atoms with Crippen LogP contribution in [-0.2, 0) is 6.61 Å². The van der Waals surface area contributed by atoms with Gasteiger partial charge in [-0.15, -0.1) is 0 Å². The molecule has 0 aliphatic heterocycles. The van der Waals surface area contributed by atoms with Gasteiger partial charge < -0.3 is 9.15 Å². The van der Waals surface area contributed by atoms with Crippen molar-refractivity contribution in [1.82, 2.24) is 4.98 Å². The van der Waals surface area contributed by atoms with Gasteiger partial charge in [-0.05, 0) is 19.1 Å². The van der Waals surface area contributed by atoms with E-state index in [1.807, 2.05) is 31.2 Å². The summed E-state index contributed by atoms with van der Waals surface area (Å²) in [5.74, 6) is 0.833. The molecule has 0 atom stereocenters. The molecule has 1 aromatic carbocycles. The maximum absolute atomic E-state index is 5.52.